The molecule has 0 aliphatic rings. The number of esters is 2. The molecule has 0 aromatic rings. The maximum atomic E-state index is 11.6. The molecule has 33 heavy (non-hydrogen) atoms. The number of hydrogen-bond acceptors (Lipinski definition) is 12. The van der Waals surface area contributed by atoms with E-state index < -0.39 is 22.3 Å². The van der Waals surface area contributed by atoms with Crippen LogP contribution in [-0.4, -0.2) is 99.6 Å². The van der Waals surface area contributed by atoms with Gasteiger partial charge in [0.15, 0.2) is 0 Å². The molecule has 0 aliphatic heterocycles. The molecule has 0 unspecified atom stereocenters. The Morgan fingerprint density at radius 2 is 0.818 bits per heavy atom. The van der Waals surface area contributed by atoms with Gasteiger partial charge in [-0.15, -0.1) is 0 Å². The maximum absolute atomic E-state index is 11.6. The van der Waals surface area contributed by atoms with Crippen LogP contribution in [0, 0.1) is 0 Å². The fraction of sp³-hybridized carbons (Fsp3) is 0.700. The lowest BCUT2D eigenvalue weighted by Crippen LogP contribution is -2.18. The molecule has 0 bridgehead atoms. The molecule has 0 atom stereocenters. The van der Waals surface area contributed by atoms with E-state index in [9.17, 15) is 18.0 Å². The van der Waals surface area contributed by atoms with Gasteiger partial charge in [0, 0.05) is 11.1 Å². The highest BCUT2D eigenvalue weighted by Crippen LogP contribution is 1.97. The topological polar surface area (TPSA) is 142 Å². The van der Waals surface area contributed by atoms with Crippen molar-refractivity contribution in [3.63, 3.8) is 0 Å². The van der Waals surface area contributed by atoms with Gasteiger partial charge in [0.25, 0.3) is 0 Å². The Bertz CT molecular complexity index is 637. The van der Waals surface area contributed by atoms with Crippen LogP contribution < -0.4 is 0 Å². The van der Waals surface area contributed by atoms with Crippen molar-refractivity contribution < 1.29 is 54.8 Å². The zero-order valence-electron chi connectivity index (χ0n) is 19.2. The first kappa shape index (κ1) is 31.1. The zero-order valence-corrected chi connectivity index (χ0v) is 20.0. The van der Waals surface area contributed by atoms with Gasteiger partial charge in [-0.25, -0.2) is 18.0 Å². The summed E-state index contributed by atoms with van der Waals surface area (Å²) in [6.45, 7) is 11.1. The van der Waals surface area contributed by atoms with Crippen molar-refractivity contribution in [2.45, 2.75) is 13.8 Å². The standard InChI is InChI=1S/C20H34O12S/c1-17(2)19(21)29-13-9-25-5-7-27-11-15-31-33(23,24)32-16-12-28-8-6-26-10-14-30-20(22)18(3)4/h1,3,5-16H2,2,4H3. The molecule has 192 valence electrons. The van der Waals surface area contributed by atoms with Crippen molar-refractivity contribution in [2.24, 2.45) is 0 Å². The van der Waals surface area contributed by atoms with Gasteiger partial charge in [-0.2, -0.15) is 8.42 Å². The first-order chi connectivity index (χ1) is 15.7. The molecule has 13 heteroatoms. The summed E-state index contributed by atoms with van der Waals surface area (Å²) in [5.74, 6) is -0.960. The summed E-state index contributed by atoms with van der Waals surface area (Å²) in [6.07, 6.45) is 0. The Kier molecular flexibility index (Phi) is 18.5. The molecule has 0 fully saturated rings. The van der Waals surface area contributed by atoms with Crippen molar-refractivity contribution in [1.82, 2.24) is 0 Å². The SMILES string of the molecule is C=C(C)C(=O)OCCOCCOCCOS(=O)(=O)OCCOCCOCCOC(=O)C(=C)C. The second kappa shape index (κ2) is 19.6. The number of carbonyl (C=O) groups excluding carboxylic acids is 2. The molecule has 0 radical (unpaired) electrons. The molecule has 0 heterocycles. The van der Waals surface area contributed by atoms with Crippen LogP contribution >= 0.6 is 0 Å². The lowest BCUT2D eigenvalue weighted by Gasteiger charge is -2.09. The summed E-state index contributed by atoms with van der Waals surface area (Å²) in [5, 5.41) is 0. The smallest absolute Gasteiger partial charge is 0.400 e. The summed E-state index contributed by atoms with van der Waals surface area (Å²) in [7, 11) is -4.16. The molecule has 0 saturated carbocycles. The van der Waals surface area contributed by atoms with Crippen molar-refractivity contribution in [3.8, 4) is 0 Å². The van der Waals surface area contributed by atoms with Crippen LogP contribution in [0.1, 0.15) is 13.8 Å². The minimum absolute atomic E-state index is 0.0200. The van der Waals surface area contributed by atoms with E-state index in [1.807, 2.05) is 0 Å². The third kappa shape index (κ3) is 20.5. The number of hydrogen-bond donors (Lipinski definition) is 0. The van der Waals surface area contributed by atoms with E-state index in [2.05, 4.69) is 21.5 Å². The molecule has 0 aliphatic carbocycles. The van der Waals surface area contributed by atoms with E-state index in [1.165, 1.54) is 0 Å². The lowest BCUT2D eigenvalue weighted by molar-refractivity contribution is -0.141. The van der Waals surface area contributed by atoms with E-state index in [1.54, 1.807) is 13.8 Å². The molecule has 12 nitrogen and oxygen atoms in total. The second-order valence-corrected chi connectivity index (χ2v) is 7.62. The maximum Gasteiger partial charge on any atom is 0.400 e. The van der Waals surface area contributed by atoms with Crippen LogP contribution in [0.5, 0.6) is 0 Å². The predicted molar refractivity (Wildman–Crippen MR) is 116 cm³/mol. The van der Waals surface area contributed by atoms with Gasteiger partial charge in [0.05, 0.1) is 66.1 Å². The molecular formula is C20H34O12S. The van der Waals surface area contributed by atoms with Crippen LogP contribution in [0.3, 0.4) is 0 Å². The Labute approximate surface area is 195 Å². The van der Waals surface area contributed by atoms with Gasteiger partial charge in [0.2, 0.25) is 0 Å². The quantitative estimate of drug-likeness (QED) is 0.117. The molecule has 0 N–H and O–H groups in total. The van der Waals surface area contributed by atoms with Crippen LogP contribution in [0.4, 0.5) is 0 Å². The molecule has 0 aromatic heterocycles. The fourth-order valence-electron chi connectivity index (χ4n) is 1.70. The first-order valence-corrected chi connectivity index (χ1v) is 11.5. The predicted octanol–water partition coefficient (Wildman–Crippen LogP) is 0.569. The molecule has 0 rings (SSSR count). The van der Waals surface area contributed by atoms with Crippen LogP contribution in [-0.2, 0) is 56.8 Å². The summed E-state index contributed by atoms with van der Waals surface area (Å²) < 4.78 is 62.7. The third-order valence-electron chi connectivity index (χ3n) is 3.27. The van der Waals surface area contributed by atoms with Crippen molar-refractivity contribution in [3.05, 3.63) is 24.3 Å². The molecule has 0 saturated heterocycles. The summed E-state index contributed by atoms with van der Waals surface area (Å²) in [6, 6.07) is 0. The summed E-state index contributed by atoms with van der Waals surface area (Å²) in [4.78, 5) is 22.2. The van der Waals surface area contributed by atoms with Gasteiger partial charge in [0.1, 0.15) is 13.2 Å². The monoisotopic (exact) mass is 498 g/mol. The largest absolute Gasteiger partial charge is 0.460 e. The van der Waals surface area contributed by atoms with Gasteiger partial charge >= 0.3 is 22.3 Å². The molecule has 0 spiro atoms. The Hall–Kier alpha value is -1.87. The van der Waals surface area contributed by atoms with Gasteiger partial charge in [-0.05, 0) is 13.8 Å². The first-order valence-electron chi connectivity index (χ1n) is 10.2. The Morgan fingerprint density at radius 3 is 1.12 bits per heavy atom. The summed E-state index contributed by atoms with van der Waals surface area (Å²) >= 11 is 0. The fourth-order valence-corrected chi connectivity index (χ4v) is 2.31. The Balaban J connectivity index is 3.46. The zero-order chi connectivity index (χ0) is 25.0. The minimum Gasteiger partial charge on any atom is -0.460 e. The van der Waals surface area contributed by atoms with E-state index in [4.69, 9.17) is 28.4 Å². The normalized spacial score (nSPS) is 11.2. The van der Waals surface area contributed by atoms with Crippen LogP contribution in [0.25, 0.3) is 0 Å². The average Bonchev–Trinajstić information content (AvgIpc) is 2.75. The highest BCUT2D eigenvalue weighted by Gasteiger charge is 2.11. The number of carbonyl (C=O) groups is 2. The second-order valence-electron chi connectivity index (χ2n) is 6.33. The van der Waals surface area contributed by atoms with Gasteiger partial charge < -0.3 is 28.4 Å². The van der Waals surface area contributed by atoms with Gasteiger partial charge in [-0.1, -0.05) is 13.2 Å². The van der Waals surface area contributed by atoms with E-state index in [-0.39, 0.29) is 79.3 Å². The lowest BCUT2D eigenvalue weighted by atomic mass is 10.4. The highest BCUT2D eigenvalue weighted by molar-refractivity contribution is 7.81. The van der Waals surface area contributed by atoms with E-state index >= 15 is 0 Å². The van der Waals surface area contributed by atoms with E-state index in [0.717, 1.165) is 0 Å². The minimum atomic E-state index is -4.16. The van der Waals surface area contributed by atoms with Crippen molar-refractivity contribution in [1.29, 1.82) is 0 Å². The summed E-state index contributed by atoms with van der Waals surface area (Å²) in [5.41, 5.74) is 0.624. The molecular weight excluding hydrogens is 464 g/mol. The molecule has 0 aromatic carbocycles. The van der Waals surface area contributed by atoms with Gasteiger partial charge in [-0.3, -0.25) is 0 Å². The Morgan fingerprint density at radius 1 is 0.545 bits per heavy atom. The van der Waals surface area contributed by atoms with Crippen LogP contribution in [0.15, 0.2) is 24.3 Å². The highest BCUT2D eigenvalue weighted by atomic mass is 32.3. The van der Waals surface area contributed by atoms with E-state index in [0.29, 0.717) is 11.1 Å². The average molecular weight is 499 g/mol. The number of ether oxygens (including phenoxy) is 6. The molecule has 0 amide bonds. The van der Waals surface area contributed by atoms with Crippen molar-refractivity contribution in [2.75, 3.05) is 79.3 Å². The van der Waals surface area contributed by atoms with Crippen molar-refractivity contribution >= 4 is 22.3 Å². The third-order valence-corrected chi connectivity index (χ3v) is 4.18. The van der Waals surface area contributed by atoms with Crippen LogP contribution in [0.2, 0.25) is 0 Å². The number of rotatable bonds is 22.